The summed E-state index contributed by atoms with van der Waals surface area (Å²) in [4.78, 5) is 13.7. The second-order valence-corrected chi connectivity index (χ2v) is 5.32. The lowest BCUT2D eigenvalue weighted by atomic mass is 10.2. The Bertz CT molecular complexity index is 671. The first-order valence-electron chi connectivity index (χ1n) is 7.38. The van der Waals surface area contributed by atoms with E-state index in [4.69, 9.17) is 4.74 Å². The number of hydrogen-bond acceptors (Lipinski definition) is 2. The molecule has 0 atom stereocenters. The number of amides is 1. The Balaban J connectivity index is 1.79. The average Bonchev–Trinajstić information content (AvgIpc) is 2.53. The summed E-state index contributed by atoms with van der Waals surface area (Å²) < 4.78 is 31.4. The summed E-state index contributed by atoms with van der Waals surface area (Å²) in [5.41, 5.74) is 1.95. The van der Waals surface area contributed by atoms with Gasteiger partial charge in [-0.25, -0.2) is 8.78 Å². The molecule has 0 heterocycles. The van der Waals surface area contributed by atoms with Crippen LogP contribution in [0.25, 0.3) is 0 Å². The smallest absolute Gasteiger partial charge is 0.226 e. The molecular formula is C18H19F2NO2. The van der Waals surface area contributed by atoms with Gasteiger partial charge in [0.05, 0.1) is 6.61 Å². The summed E-state index contributed by atoms with van der Waals surface area (Å²) in [7, 11) is 1.72. The molecule has 0 radical (unpaired) electrons. The highest BCUT2D eigenvalue weighted by atomic mass is 19.1. The fraction of sp³-hybridized carbons (Fsp3) is 0.278. The lowest BCUT2D eigenvalue weighted by molar-refractivity contribution is -0.118. The number of anilines is 1. The molecule has 2 aromatic rings. The minimum absolute atomic E-state index is 0.00858. The van der Waals surface area contributed by atoms with Crippen LogP contribution in [0, 0.1) is 18.6 Å². The zero-order valence-corrected chi connectivity index (χ0v) is 13.2. The number of halogens is 2. The monoisotopic (exact) mass is 319 g/mol. The second kappa shape index (κ2) is 7.72. The number of nitrogens with zero attached hydrogens (tertiary/aromatic N) is 1. The van der Waals surface area contributed by atoms with Crippen LogP contribution in [0.4, 0.5) is 14.5 Å². The standard InChI is InChI=1S/C18H19F2NO2/c1-13-5-8-15(9-6-13)21(2)18(22)4-3-11-23-17-10-7-14(19)12-16(17)20/h5-10,12H,3-4,11H2,1-2H3. The van der Waals surface area contributed by atoms with Gasteiger partial charge >= 0.3 is 0 Å². The van der Waals surface area contributed by atoms with Crippen LogP contribution in [0.15, 0.2) is 42.5 Å². The van der Waals surface area contributed by atoms with Crippen molar-refractivity contribution in [2.45, 2.75) is 19.8 Å². The van der Waals surface area contributed by atoms with Crippen LogP contribution in [0.1, 0.15) is 18.4 Å². The number of aryl methyl sites for hydroxylation is 1. The highest BCUT2D eigenvalue weighted by molar-refractivity contribution is 5.92. The van der Waals surface area contributed by atoms with Gasteiger partial charge in [-0.1, -0.05) is 17.7 Å². The number of ether oxygens (including phenoxy) is 1. The van der Waals surface area contributed by atoms with E-state index in [9.17, 15) is 13.6 Å². The van der Waals surface area contributed by atoms with E-state index in [1.165, 1.54) is 6.07 Å². The maximum atomic E-state index is 13.4. The first-order valence-corrected chi connectivity index (χ1v) is 7.38. The van der Waals surface area contributed by atoms with Crippen molar-refractivity contribution in [2.75, 3.05) is 18.6 Å². The molecular weight excluding hydrogens is 300 g/mol. The van der Waals surface area contributed by atoms with Crippen LogP contribution in [-0.2, 0) is 4.79 Å². The number of carbonyl (C=O) groups excluding carboxylic acids is 1. The van der Waals surface area contributed by atoms with Crippen LogP contribution in [-0.4, -0.2) is 19.6 Å². The van der Waals surface area contributed by atoms with Gasteiger partial charge in [0.1, 0.15) is 5.82 Å². The van der Waals surface area contributed by atoms with Gasteiger partial charge in [-0.3, -0.25) is 4.79 Å². The van der Waals surface area contributed by atoms with E-state index in [0.717, 1.165) is 23.4 Å². The van der Waals surface area contributed by atoms with Gasteiger partial charge < -0.3 is 9.64 Å². The van der Waals surface area contributed by atoms with Crippen molar-refractivity contribution in [1.29, 1.82) is 0 Å². The van der Waals surface area contributed by atoms with Crippen molar-refractivity contribution in [2.24, 2.45) is 0 Å². The zero-order valence-electron chi connectivity index (χ0n) is 13.2. The van der Waals surface area contributed by atoms with Gasteiger partial charge in [0.2, 0.25) is 5.91 Å². The molecule has 0 saturated carbocycles. The van der Waals surface area contributed by atoms with Crippen LogP contribution in [0.3, 0.4) is 0 Å². The lowest BCUT2D eigenvalue weighted by Gasteiger charge is -2.17. The van der Waals surface area contributed by atoms with Crippen LogP contribution >= 0.6 is 0 Å². The topological polar surface area (TPSA) is 29.5 Å². The molecule has 0 bridgehead atoms. The molecule has 0 fully saturated rings. The Morgan fingerprint density at radius 3 is 2.48 bits per heavy atom. The van der Waals surface area contributed by atoms with Crippen LogP contribution < -0.4 is 9.64 Å². The van der Waals surface area contributed by atoms with Crippen molar-refractivity contribution in [1.82, 2.24) is 0 Å². The number of benzene rings is 2. The third-order valence-corrected chi connectivity index (χ3v) is 3.48. The van der Waals surface area contributed by atoms with E-state index in [1.54, 1.807) is 11.9 Å². The molecule has 0 N–H and O–H groups in total. The average molecular weight is 319 g/mol. The fourth-order valence-electron chi connectivity index (χ4n) is 2.08. The maximum Gasteiger partial charge on any atom is 0.226 e. The summed E-state index contributed by atoms with van der Waals surface area (Å²) in [6, 6.07) is 10.8. The van der Waals surface area contributed by atoms with E-state index >= 15 is 0 Å². The summed E-state index contributed by atoms with van der Waals surface area (Å²) in [6.45, 7) is 2.17. The molecule has 122 valence electrons. The molecule has 0 unspecified atom stereocenters. The third-order valence-electron chi connectivity index (χ3n) is 3.48. The molecule has 0 aliphatic heterocycles. The summed E-state index contributed by atoms with van der Waals surface area (Å²) in [6.07, 6.45) is 0.735. The minimum Gasteiger partial charge on any atom is -0.491 e. The lowest BCUT2D eigenvalue weighted by Crippen LogP contribution is -2.26. The van der Waals surface area contributed by atoms with Crippen molar-refractivity contribution < 1.29 is 18.3 Å². The SMILES string of the molecule is Cc1ccc(N(C)C(=O)CCCOc2ccc(F)cc2F)cc1. The van der Waals surface area contributed by atoms with Crippen molar-refractivity contribution in [3.05, 3.63) is 59.7 Å². The molecule has 2 rings (SSSR count). The van der Waals surface area contributed by atoms with E-state index < -0.39 is 11.6 Å². The van der Waals surface area contributed by atoms with Crippen molar-refractivity contribution in [3.63, 3.8) is 0 Å². The second-order valence-electron chi connectivity index (χ2n) is 5.32. The first kappa shape index (κ1) is 16.9. The van der Waals surface area contributed by atoms with Gasteiger partial charge in [-0.05, 0) is 37.6 Å². The summed E-state index contributed by atoms with van der Waals surface area (Å²) >= 11 is 0. The van der Waals surface area contributed by atoms with Crippen molar-refractivity contribution >= 4 is 11.6 Å². The Morgan fingerprint density at radius 1 is 1.13 bits per heavy atom. The van der Waals surface area contributed by atoms with Crippen molar-refractivity contribution in [3.8, 4) is 5.75 Å². The number of carbonyl (C=O) groups is 1. The largest absolute Gasteiger partial charge is 0.491 e. The molecule has 0 aromatic heterocycles. The molecule has 2 aromatic carbocycles. The molecule has 3 nitrogen and oxygen atoms in total. The van der Waals surface area contributed by atoms with Crippen LogP contribution in [0.5, 0.6) is 5.75 Å². The van der Waals surface area contributed by atoms with Gasteiger partial charge in [-0.2, -0.15) is 0 Å². The molecule has 0 aliphatic rings. The molecule has 23 heavy (non-hydrogen) atoms. The zero-order chi connectivity index (χ0) is 16.8. The molecule has 0 spiro atoms. The van der Waals surface area contributed by atoms with E-state index in [1.807, 2.05) is 31.2 Å². The molecule has 1 amide bonds. The fourth-order valence-corrected chi connectivity index (χ4v) is 2.08. The quantitative estimate of drug-likeness (QED) is 0.750. The van der Waals surface area contributed by atoms with E-state index in [-0.39, 0.29) is 24.7 Å². The molecule has 0 aliphatic carbocycles. The van der Waals surface area contributed by atoms with Crippen LogP contribution in [0.2, 0.25) is 0 Å². The van der Waals surface area contributed by atoms with Gasteiger partial charge in [0.25, 0.3) is 0 Å². The van der Waals surface area contributed by atoms with E-state index in [0.29, 0.717) is 6.42 Å². The predicted molar refractivity (Wildman–Crippen MR) is 85.7 cm³/mol. The highest BCUT2D eigenvalue weighted by Gasteiger charge is 2.11. The Hall–Kier alpha value is -2.43. The highest BCUT2D eigenvalue weighted by Crippen LogP contribution is 2.18. The Morgan fingerprint density at radius 2 is 1.83 bits per heavy atom. The first-order chi connectivity index (χ1) is 11.0. The number of rotatable bonds is 6. The normalized spacial score (nSPS) is 10.4. The van der Waals surface area contributed by atoms with Gasteiger partial charge in [-0.15, -0.1) is 0 Å². The summed E-state index contributed by atoms with van der Waals surface area (Å²) in [5.74, 6) is -1.44. The van der Waals surface area contributed by atoms with Gasteiger partial charge in [0, 0.05) is 25.2 Å². The predicted octanol–water partition coefficient (Wildman–Crippen LogP) is 4.10. The molecule has 5 heteroatoms. The Labute approximate surface area is 134 Å². The molecule has 0 saturated heterocycles. The summed E-state index contributed by atoms with van der Waals surface area (Å²) in [5, 5.41) is 0. The third kappa shape index (κ3) is 4.77. The van der Waals surface area contributed by atoms with E-state index in [2.05, 4.69) is 0 Å². The number of hydrogen-bond donors (Lipinski definition) is 0. The minimum atomic E-state index is -0.743. The maximum absolute atomic E-state index is 13.4. The Kier molecular flexibility index (Phi) is 5.68. The van der Waals surface area contributed by atoms with Gasteiger partial charge in [0.15, 0.2) is 11.6 Å².